The minimum Gasteiger partial charge on any atom is -1.00 e. The van der Waals surface area contributed by atoms with E-state index in [0.29, 0.717) is 6.61 Å². The molecule has 0 aromatic heterocycles. The van der Waals surface area contributed by atoms with Crippen LogP contribution in [0.5, 0.6) is 0 Å². The summed E-state index contributed by atoms with van der Waals surface area (Å²) in [5, 5.41) is 8.60. The first-order valence-electron chi connectivity index (χ1n) is 5.04. The average Bonchev–Trinajstić information content (AvgIpc) is 2.07. The van der Waals surface area contributed by atoms with E-state index in [4.69, 9.17) is 5.11 Å². The van der Waals surface area contributed by atoms with Gasteiger partial charge in [0.15, 0.2) is 0 Å². The standard InChI is InChI=1S/C10H20O.Sr.2H/c11-9-5-4-8-10-6-2-1-3-7-10;;;/h10-11H,1-9H2;;;/q;+2;2*-1. The maximum absolute atomic E-state index is 8.60. The molecule has 1 rings (SSSR count). The fraction of sp³-hybridized carbons (Fsp3) is 1.00. The Hall–Kier alpha value is 1.44. The average molecular weight is 246 g/mol. The van der Waals surface area contributed by atoms with E-state index in [1.54, 1.807) is 0 Å². The van der Waals surface area contributed by atoms with Crippen LogP contribution in [0.25, 0.3) is 0 Å². The Morgan fingerprint density at radius 2 is 1.75 bits per heavy atom. The van der Waals surface area contributed by atoms with E-state index in [1.807, 2.05) is 0 Å². The van der Waals surface area contributed by atoms with Crippen molar-refractivity contribution in [3.8, 4) is 0 Å². The number of hydrogen-bond acceptors (Lipinski definition) is 1. The van der Waals surface area contributed by atoms with Crippen LogP contribution in [0.2, 0.25) is 0 Å². The van der Waals surface area contributed by atoms with Crippen molar-refractivity contribution < 1.29 is 7.96 Å². The molecule has 1 N–H and O–H groups in total. The molecule has 0 aromatic rings. The second-order valence-electron chi connectivity index (χ2n) is 3.72. The summed E-state index contributed by atoms with van der Waals surface area (Å²) in [6, 6.07) is 0. The third-order valence-corrected chi connectivity index (χ3v) is 2.75. The van der Waals surface area contributed by atoms with E-state index in [0.717, 1.165) is 12.3 Å². The van der Waals surface area contributed by atoms with Crippen molar-refractivity contribution in [1.29, 1.82) is 0 Å². The van der Waals surface area contributed by atoms with E-state index < -0.39 is 0 Å². The molecule has 0 aromatic carbocycles. The van der Waals surface area contributed by atoms with Crippen LogP contribution in [0.3, 0.4) is 0 Å². The van der Waals surface area contributed by atoms with Gasteiger partial charge in [-0.25, -0.2) is 0 Å². The number of aliphatic hydroxyl groups excluding tert-OH is 1. The van der Waals surface area contributed by atoms with Gasteiger partial charge in [0.05, 0.1) is 0 Å². The summed E-state index contributed by atoms with van der Waals surface area (Å²) >= 11 is 0. The van der Waals surface area contributed by atoms with Gasteiger partial charge < -0.3 is 7.96 Å². The zero-order chi connectivity index (χ0) is 7.94. The minimum atomic E-state index is 0. The van der Waals surface area contributed by atoms with Gasteiger partial charge in [-0.1, -0.05) is 44.9 Å². The van der Waals surface area contributed by atoms with Gasteiger partial charge in [0, 0.05) is 6.61 Å². The van der Waals surface area contributed by atoms with Gasteiger partial charge in [0.2, 0.25) is 0 Å². The molecule has 1 aliphatic rings. The molecule has 0 amide bonds. The molecule has 1 aliphatic carbocycles. The predicted octanol–water partition coefficient (Wildman–Crippen LogP) is 2.57. The van der Waals surface area contributed by atoms with Crippen LogP contribution in [-0.2, 0) is 0 Å². The molecule has 0 spiro atoms. The summed E-state index contributed by atoms with van der Waals surface area (Å²) < 4.78 is 0. The van der Waals surface area contributed by atoms with Crippen molar-refractivity contribution in [2.45, 2.75) is 51.4 Å². The van der Waals surface area contributed by atoms with E-state index in [-0.39, 0.29) is 48.3 Å². The Labute approximate surface area is 116 Å². The number of aliphatic hydroxyl groups is 1. The molecule has 0 atom stereocenters. The van der Waals surface area contributed by atoms with Crippen molar-refractivity contribution in [2.24, 2.45) is 5.92 Å². The molecule has 12 heavy (non-hydrogen) atoms. The largest absolute Gasteiger partial charge is 2.00 e. The van der Waals surface area contributed by atoms with Crippen LogP contribution in [0.1, 0.15) is 54.2 Å². The first-order chi connectivity index (χ1) is 5.43. The first kappa shape index (κ1) is 13.4. The molecular weight excluding hydrogens is 224 g/mol. The van der Waals surface area contributed by atoms with E-state index in [2.05, 4.69) is 0 Å². The van der Waals surface area contributed by atoms with Crippen molar-refractivity contribution in [3.63, 3.8) is 0 Å². The molecule has 0 aliphatic heterocycles. The normalized spacial score (nSPS) is 18.8. The fourth-order valence-electron chi connectivity index (χ4n) is 2.02. The van der Waals surface area contributed by atoms with Crippen LogP contribution in [0.4, 0.5) is 0 Å². The van der Waals surface area contributed by atoms with Crippen molar-refractivity contribution in [3.05, 3.63) is 0 Å². The van der Waals surface area contributed by atoms with Gasteiger partial charge in [0.1, 0.15) is 0 Å². The van der Waals surface area contributed by atoms with E-state index in [1.165, 1.54) is 44.9 Å². The summed E-state index contributed by atoms with van der Waals surface area (Å²) in [4.78, 5) is 0. The zero-order valence-corrected chi connectivity index (χ0v) is 11.6. The fourth-order valence-corrected chi connectivity index (χ4v) is 2.02. The summed E-state index contributed by atoms with van der Waals surface area (Å²) in [7, 11) is 0. The van der Waals surface area contributed by atoms with Crippen LogP contribution in [0, 0.1) is 5.92 Å². The summed E-state index contributed by atoms with van der Waals surface area (Å²) in [6.07, 6.45) is 10.9. The van der Waals surface area contributed by atoms with Gasteiger partial charge in [-0.15, -0.1) is 0 Å². The quantitative estimate of drug-likeness (QED) is 0.596. The van der Waals surface area contributed by atoms with E-state index >= 15 is 0 Å². The van der Waals surface area contributed by atoms with Crippen molar-refractivity contribution >= 4 is 45.5 Å². The molecule has 1 saturated carbocycles. The topological polar surface area (TPSA) is 20.2 Å². The molecule has 1 fully saturated rings. The monoisotopic (exact) mass is 246 g/mol. The van der Waals surface area contributed by atoms with Crippen molar-refractivity contribution in [1.82, 2.24) is 0 Å². The first-order valence-corrected chi connectivity index (χ1v) is 5.04. The number of hydrogen-bond donors (Lipinski definition) is 1. The molecule has 0 bridgehead atoms. The van der Waals surface area contributed by atoms with Crippen LogP contribution in [-0.4, -0.2) is 57.2 Å². The molecule has 0 heterocycles. The molecule has 0 unspecified atom stereocenters. The molecule has 70 valence electrons. The van der Waals surface area contributed by atoms with Gasteiger partial charge in [0.25, 0.3) is 0 Å². The number of rotatable bonds is 4. The third-order valence-electron chi connectivity index (χ3n) is 2.75. The van der Waals surface area contributed by atoms with Crippen LogP contribution >= 0.6 is 0 Å². The van der Waals surface area contributed by atoms with E-state index in [9.17, 15) is 0 Å². The molecule has 0 radical (unpaired) electrons. The second kappa shape index (κ2) is 9.01. The maximum atomic E-state index is 8.60. The Morgan fingerprint density at radius 1 is 1.08 bits per heavy atom. The Kier molecular flexibility index (Phi) is 10.1. The third kappa shape index (κ3) is 5.98. The smallest absolute Gasteiger partial charge is 1.00 e. The summed E-state index contributed by atoms with van der Waals surface area (Å²) in [5.74, 6) is 0.996. The van der Waals surface area contributed by atoms with Gasteiger partial charge in [-0.2, -0.15) is 0 Å². The van der Waals surface area contributed by atoms with Gasteiger partial charge >= 0.3 is 45.5 Å². The molecular formula is C10H22OSr. The van der Waals surface area contributed by atoms with Crippen LogP contribution < -0.4 is 0 Å². The summed E-state index contributed by atoms with van der Waals surface area (Å²) in [6.45, 7) is 0.382. The zero-order valence-electron chi connectivity index (χ0n) is 10.1. The maximum Gasteiger partial charge on any atom is 2.00 e. The van der Waals surface area contributed by atoms with Crippen LogP contribution in [0.15, 0.2) is 0 Å². The predicted molar refractivity (Wildman–Crippen MR) is 55.5 cm³/mol. The second-order valence-corrected chi connectivity index (χ2v) is 3.72. The Balaban J connectivity index is -0.000000403. The minimum absolute atomic E-state index is 0. The number of unbranched alkanes of at least 4 members (excludes halogenated alkanes) is 1. The van der Waals surface area contributed by atoms with Crippen molar-refractivity contribution in [2.75, 3.05) is 6.61 Å². The SMILES string of the molecule is OCCCCC1CCCCC1.[H-].[H-].[Sr+2]. The molecule has 1 nitrogen and oxygen atoms in total. The van der Waals surface area contributed by atoms with Gasteiger partial charge in [-0.3, -0.25) is 0 Å². The summed E-state index contributed by atoms with van der Waals surface area (Å²) in [5.41, 5.74) is 0. The Bertz CT molecular complexity index is 98.1. The molecule has 0 saturated heterocycles. The Morgan fingerprint density at radius 3 is 2.33 bits per heavy atom. The molecule has 2 heteroatoms. The van der Waals surface area contributed by atoms with Gasteiger partial charge in [-0.05, 0) is 12.3 Å².